The van der Waals surface area contributed by atoms with Gasteiger partial charge >= 0.3 is 0 Å². The summed E-state index contributed by atoms with van der Waals surface area (Å²) in [6.07, 6.45) is 1.82. The highest BCUT2D eigenvalue weighted by Gasteiger charge is 2.46. The molecule has 1 N–H and O–H groups in total. The largest absolute Gasteiger partial charge is 0.382 e. The summed E-state index contributed by atoms with van der Waals surface area (Å²) in [6, 6.07) is 7.77. The Balaban J connectivity index is 2.22. The van der Waals surface area contributed by atoms with Gasteiger partial charge in [0.15, 0.2) is 0 Å². The summed E-state index contributed by atoms with van der Waals surface area (Å²) in [5.41, 5.74) is 0.551. The lowest BCUT2D eigenvalue weighted by Crippen LogP contribution is -2.57. The number of nitrogens with one attached hydrogen (secondary N) is 1. The van der Waals surface area contributed by atoms with Crippen LogP contribution in [0.3, 0.4) is 0 Å². The van der Waals surface area contributed by atoms with Crippen molar-refractivity contribution < 1.29 is 9.53 Å². The van der Waals surface area contributed by atoms with Gasteiger partial charge in [0.2, 0.25) is 5.91 Å². The van der Waals surface area contributed by atoms with Gasteiger partial charge in [-0.15, -0.1) is 0 Å². The number of amides is 1. The van der Waals surface area contributed by atoms with E-state index >= 15 is 0 Å². The Labute approximate surface area is 125 Å². The van der Waals surface area contributed by atoms with Crippen LogP contribution in [0.2, 0.25) is 5.02 Å². The fourth-order valence-electron chi connectivity index (χ4n) is 2.98. The first kappa shape index (κ1) is 15.3. The molecule has 1 aromatic rings. The van der Waals surface area contributed by atoms with Crippen LogP contribution in [0.15, 0.2) is 24.3 Å². The van der Waals surface area contributed by atoms with Crippen molar-refractivity contribution >= 4 is 17.5 Å². The second-order valence-corrected chi connectivity index (χ2v) is 5.64. The summed E-state index contributed by atoms with van der Waals surface area (Å²) in [5, 5.41) is 3.49. The minimum atomic E-state index is -0.564. The summed E-state index contributed by atoms with van der Waals surface area (Å²) < 4.78 is 5.32. The van der Waals surface area contributed by atoms with E-state index in [1.165, 1.54) is 0 Å². The number of ether oxygens (including phenoxy) is 1. The van der Waals surface area contributed by atoms with Gasteiger partial charge in [-0.3, -0.25) is 9.69 Å². The van der Waals surface area contributed by atoms with Gasteiger partial charge in [-0.1, -0.05) is 23.7 Å². The molecule has 20 heavy (non-hydrogen) atoms. The predicted octanol–water partition coefficient (Wildman–Crippen LogP) is 2.07. The van der Waals surface area contributed by atoms with Crippen molar-refractivity contribution in [2.45, 2.75) is 24.9 Å². The third kappa shape index (κ3) is 2.97. The van der Waals surface area contributed by atoms with Crippen LogP contribution >= 0.6 is 11.6 Å². The molecule has 0 spiro atoms. The van der Waals surface area contributed by atoms with Gasteiger partial charge in [-0.25, -0.2) is 0 Å². The number of hydrogen-bond acceptors (Lipinski definition) is 3. The molecule has 1 aromatic carbocycles. The van der Waals surface area contributed by atoms with Crippen molar-refractivity contribution in [3.05, 3.63) is 34.9 Å². The van der Waals surface area contributed by atoms with Gasteiger partial charge in [-0.05, 0) is 37.1 Å². The van der Waals surface area contributed by atoms with Crippen LogP contribution in [-0.2, 0) is 16.1 Å². The third-order valence-corrected chi connectivity index (χ3v) is 4.15. The van der Waals surface area contributed by atoms with Crippen LogP contribution in [0.4, 0.5) is 0 Å². The van der Waals surface area contributed by atoms with Gasteiger partial charge in [-0.2, -0.15) is 0 Å². The number of halogens is 1. The highest BCUT2D eigenvalue weighted by molar-refractivity contribution is 6.30. The Morgan fingerprint density at radius 2 is 2.35 bits per heavy atom. The molecule has 5 heteroatoms. The number of methoxy groups -OCH3 is 1. The zero-order valence-corrected chi connectivity index (χ0v) is 12.7. The first-order valence-corrected chi connectivity index (χ1v) is 7.21. The first-order chi connectivity index (χ1) is 9.62. The van der Waals surface area contributed by atoms with Crippen LogP contribution in [0.1, 0.15) is 18.4 Å². The Kier molecular flexibility index (Phi) is 5.02. The van der Waals surface area contributed by atoms with Gasteiger partial charge in [0, 0.05) is 25.7 Å². The molecule has 0 aromatic heterocycles. The highest BCUT2D eigenvalue weighted by atomic mass is 35.5. The van der Waals surface area contributed by atoms with E-state index in [1.54, 1.807) is 14.2 Å². The van der Waals surface area contributed by atoms with Gasteiger partial charge < -0.3 is 10.1 Å². The lowest BCUT2D eigenvalue weighted by atomic mass is 9.95. The lowest BCUT2D eigenvalue weighted by molar-refractivity contribution is -0.135. The topological polar surface area (TPSA) is 41.6 Å². The van der Waals surface area contributed by atoms with E-state index in [9.17, 15) is 4.79 Å². The van der Waals surface area contributed by atoms with Crippen LogP contribution in [0.25, 0.3) is 0 Å². The SMILES string of the molecule is CNC(=O)C1(COC)CCCN1Cc1cccc(Cl)c1. The van der Waals surface area contributed by atoms with Crippen molar-refractivity contribution in [1.29, 1.82) is 0 Å². The second-order valence-electron chi connectivity index (χ2n) is 5.20. The number of nitrogens with zero attached hydrogens (tertiary/aromatic N) is 1. The normalized spacial score (nSPS) is 22.9. The molecule has 1 amide bonds. The number of benzene rings is 1. The molecule has 4 nitrogen and oxygen atoms in total. The molecule has 0 saturated carbocycles. The quantitative estimate of drug-likeness (QED) is 0.904. The number of likely N-dealkylation sites (tertiary alicyclic amines) is 1. The van der Waals surface area contributed by atoms with Gasteiger partial charge in [0.25, 0.3) is 0 Å². The van der Waals surface area contributed by atoms with Crippen molar-refractivity contribution in [2.75, 3.05) is 27.3 Å². The van der Waals surface area contributed by atoms with Crippen molar-refractivity contribution in [3.8, 4) is 0 Å². The maximum absolute atomic E-state index is 12.3. The average molecular weight is 297 g/mol. The third-order valence-electron chi connectivity index (χ3n) is 3.92. The Bertz CT molecular complexity index is 481. The fourth-order valence-corrected chi connectivity index (χ4v) is 3.19. The van der Waals surface area contributed by atoms with Gasteiger partial charge in [0.05, 0.1) is 6.61 Å². The number of rotatable bonds is 5. The van der Waals surface area contributed by atoms with Crippen LogP contribution in [0.5, 0.6) is 0 Å². The summed E-state index contributed by atoms with van der Waals surface area (Å²) in [5.74, 6) is 0.0267. The number of carbonyl (C=O) groups is 1. The minimum absolute atomic E-state index is 0.0267. The van der Waals surface area contributed by atoms with Crippen molar-refractivity contribution in [1.82, 2.24) is 10.2 Å². The molecule has 2 rings (SSSR count). The fraction of sp³-hybridized carbons (Fsp3) is 0.533. The lowest BCUT2D eigenvalue weighted by Gasteiger charge is -2.36. The molecule has 1 aliphatic heterocycles. The van der Waals surface area contributed by atoms with E-state index in [-0.39, 0.29) is 5.91 Å². The average Bonchev–Trinajstić information content (AvgIpc) is 2.82. The molecule has 0 bridgehead atoms. The molecule has 1 saturated heterocycles. The molecule has 1 unspecified atom stereocenters. The molecule has 0 radical (unpaired) electrons. The smallest absolute Gasteiger partial charge is 0.242 e. The molecule has 110 valence electrons. The standard InChI is InChI=1S/C15H21ClN2O2/c1-17-14(19)15(11-20-2)7-4-8-18(15)10-12-5-3-6-13(16)9-12/h3,5-6,9H,4,7-8,10-11H2,1-2H3,(H,17,19). The van der Waals surface area contributed by atoms with E-state index in [0.29, 0.717) is 13.2 Å². The molecule has 1 heterocycles. The molecule has 1 atom stereocenters. The summed E-state index contributed by atoms with van der Waals surface area (Å²) in [4.78, 5) is 14.5. The Hall–Kier alpha value is -1.10. The molecule has 0 aliphatic carbocycles. The predicted molar refractivity (Wildman–Crippen MR) is 79.8 cm³/mol. The van der Waals surface area contributed by atoms with E-state index in [2.05, 4.69) is 10.2 Å². The highest BCUT2D eigenvalue weighted by Crippen LogP contribution is 2.32. The zero-order valence-electron chi connectivity index (χ0n) is 12.0. The summed E-state index contributed by atoms with van der Waals surface area (Å²) in [7, 11) is 3.32. The van der Waals surface area contributed by atoms with E-state index in [0.717, 1.165) is 30.0 Å². The van der Waals surface area contributed by atoms with E-state index in [4.69, 9.17) is 16.3 Å². The Morgan fingerprint density at radius 3 is 3.00 bits per heavy atom. The van der Waals surface area contributed by atoms with Crippen LogP contribution in [-0.4, -0.2) is 43.7 Å². The molecule has 1 fully saturated rings. The van der Waals surface area contributed by atoms with E-state index < -0.39 is 5.54 Å². The maximum atomic E-state index is 12.3. The van der Waals surface area contributed by atoms with Crippen molar-refractivity contribution in [2.24, 2.45) is 0 Å². The maximum Gasteiger partial charge on any atom is 0.242 e. The van der Waals surface area contributed by atoms with E-state index in [1.807, 2.05) is 24.3 Å². The molecular weight excluding hydrogens is 276 g/mol. The zero-order chi connectivity index (χ0) is 14.6. The van der Waals surface area contributed by atoms with Gasteiger partial charge in [0.1, 0.15) is 5.54 Å². The second kappa shape index (κ2) is 6.57. The van der Waals surface area contributed by atoms with Crippen LogP contribution in [0, 0.1) is 0 Å². The summed E-state index contributed by atoms with van der Waals surface area (Å²) in [6.45, 7) is 2.01. The first-order valence-electron chi connectivity index (χ1n) is 6.83. The number of hydrogen-bond donors (Lipinski definition) is 1. The van der Waals surface area contributed by atoms with Crippen LogP contribution < -0.4 is 5.32 Å². The number of likely N-dealkylation sites (N-methyl/N-ethyl adjacent to an activating group) is 1. The number of carbonyl (C=O) groups excluding carboxylic acids is 1. The minimum Gasteiger partial charge on any atom is -0.382 e. The molecule has 1 aliphatic rings. The van der Waals surface area contributed by atoms with Crippen molar-refractivity contribution in [3.63, 3.8) is 0 Å². The monoisotopic (exact) mass is 296 g/mol. The summed E-state index contributed by atoms with van der Waals surface area (Å²) >= 11 is 6.03. The Morgan fingerprint density at radius 1 is 1.55 bits per heavy atom. The molecular formula is C15H21ClN2O2.